The lowest BCUT2D eigenvalue weighted by molar-refractivity contribution is -0.0483. The second kappa shape index (κ2) is 14.4. The van der Waals surface area contributed by atoms with Crippen LogP contribution in [0.2, 0.25) is 5.15 Å². The zero-order valence-corrected chi connectivity index (χ0v) is 30.1. The fraction of sp³-hybridized carbons (Fsp3) is 0.519. The highest BCUT2D eigenvalue weighted by Crippen LogP contribution is 2.58. The first-order valence-corrected chi connectivity index (χ1v) is 20.7. The minimum absolute atomic E-state index is 0.00846. The number of benzene rings is 1. The summed E-state index contributed by atoms with van der Waals surface area (Å²) >= 11 is 17.3. The maximum Gasteiger partial charge on any atom is 0.340 e. The molecule has 50 heavy (non-hydrogen) atoms. The molecule has 1 aromatic carbocycles. The van der Waals surface area contributed by atoms with Crippen LogP contribution in [0.1, 0.15) is 35.5 Å². The summed E-state index contributed by atoms with van der Waals surface area (Å²) in [6.45, 7) is -8.31. The molecule has 0 spiro atoms. The Labute approximate surface area is 298 Å². The lowest BCUT2D eigenvalue weighted by Gasteiger charge is -2.45. The average molecular weight is 789 g/mol. The molecule has 1 aliphatic carbocycles. The minimum Gasteiger partial charge on any atom is -0.465 e. The van der Waals surface area contributed by atoms with Crippen molar-refractivity contribution in [3.8, 4) is 6.07 Å². The van der Waals surface area contributed by atoms with Gasteiger partial charge in [-0.2, -0.15) is 5.26 Å². The summed E-state index contributed by atoms with van der Waals surface area (Å²) in [5, 5.41) is 17.5. The highest BCUT2D eigenvalue weighted by Gasteiger charge is 2.52. The number of ether oxygens (including phenoxy) is 2. The Bertz CT molecular complexity index is 2070. The summed E-state index contributed by atoms with van der Waals surface area (Å²) in [4.78, 5) is 36.1. The van der Waals surface area contributed by atoms with E-state index in [1.165, 1.54) is 19.5 Å². The van der Waals surface area contributed by atoms with Crippen LogP contribution in [0.15, 0.2) is 30.9 Å². The van der Waals surface area contributed by atoms with E-state index in [0.717, 1.165) is 4.68 Å². The first kappa shape index (κ1) is 35.8. The van der Waals surface area contributed by atoms with Crippen LogP contribution in [-0.2, 0) is 55.7 Å². The number of fused-ring (bicyclic) bond motifs is 4. The van der Waals surface area contributed by atoms with E-state index in [1.807, 2.05) is 10.6 Å². The molecule has 3 aliphatic rings. The number of methoxy groups -OCH3 is 1. The molecule has 3 fully saturated rings. The van der Waals surface area contributed by atoms with Crippen LogP contribution in [-0.4, -0.2) is 97.3 Å². The van der Waals surface area contributed by atoms with Crippen molar-refractivity contribution in [1.29, 1.82) is 5.26 Å². The normalized spacial score (nSPS) is 33.3. The van der Waals surface area contributed by atoms with Crippen LogP contribution in [0.4, 0.5) is 4.39 Å². The number of hydrogen-bond acceptors (Lipinski definition) is 16. The number of alkyl halides is 1. The molecule has 1 N–H and O–H groups in total. The van der Waals surface area contributed by atoms with Crippen molar-refractivity contribution in [3.05, 3.63) is 41.6 Å². The molecule has 0 radical (unpaired) electrons. The zero-order valence-electron chi connectivity index (χ0n) is 25.9. The molecule has 2 aliphatic heterocycles. The number of nitriles is 1. The molecular formula is C27H28ClFN8O9P2S2. The predicted octanol–water partition coefficient (Wildman–Crippen LogP) is 3.94. The third-order valence-electron chi connectivity index (χ3n) is 8.72. The van der Waals surface area contributed by atoms with Crippen LogP contribution in [0, 0.1) is 23.2 Å². The quantitative estimate of drug-likeness (QED) is 0.127. The second-order valence-electron chi connectivity index (χ2n) is 11.5. The van der Waals surface area contributed by atoms with E-state index < -0.39 is 50.6 Å². The molecule has 17 nitrogen and oxygen atoms in total. The van der Waals surface area contributed by atoms with E-state index in [9.17, 15) is 9.69 Å². The Hall–Kier alpha value is -2.63. The summed E-state index contributed by atoms with van der Waals surface area (Å²) in [6, 6.07) is 6.41. The number of rotatable bonds is 6. The smallest absolute Gasteiger partial charge is 0.340 e. The van der Waals surface area contributed by atoms with Crippen molar-refractivity contribution in [3.63, 3.8) is 0 Å². The van der Waals surface area contributed by atoms with Gasteiger partial charge in [0, 0.05) is 12.0 Å². The van der Waals surface area contributed by atoms with E-state index in [4.69, 9.17) is 72.6 Å². The van der Waals surface area contributed by atoms with Gasteiger partial charge in [-0.05, 0) is 48.1 Å². The van der Waals surface area contributed by atoms with Gasteiger partial charge in [-0.25, -0.2) is 28.8 Å². The lowest BCUT2D eigenvalue weighted by atomic mass is 9.70. The Morgan fingerprint density at radius 3 is 2.82 bits per heavy atom. The molecule has 3 aromatic heterocycles. The maximum absolute atomic E-state index is 16.6. The van der Waals surface area contributed by atoms with Gasteiger partial charge in [0.1, 0.15) is 29.6 Å². The van der Waals surface area contributed by atoms with Gasteiger partial charge in [-0.3, -0.25) is 4.52 Å². The second-order valence-corrected chi connectivity index (χ2v) is 17.7. The molecule has 23 heteroatoms. The molecular weight excluding hydrogens is 761 g/mol. The first-order chi connectivity index (χ1) is 24.0. The van der Waals surface area contributed by atoms with Gasteiger partial charge in [0.2, 0.25) is 0 Å². The Balaban J connectivity index is 1.18. The van der Waals surface area contributed by atoms with E-state index in [2.05, 4.69) is 25.3 Å². The number of imidazole rings is 1. The molecule has 9 atom stereocenters. The number of nitrogens with zero attached hydrogens (tertiary/aromatic N) is 8. The SMILES string of the molecule is COC(=O)c1cccc2c1nnn2[C@@H]1O[C@@H]2COP(O)(=S)OC[C@@H]3[C@@H](COP(=S)(OCCC#N)O[C@H]2[C@H]1F)C[C@H]3n1cnc2c(Cl)ncnc21. The van der Waals surface area contributed by atoms with Crippen LogP contribution in [0.3, 0.4) is 0 Å². The molecule has 2 saturated heterocycles. The fourth-order valence-electron chi connectivity index (χ4n) is 6.20. The Morgan fingerprint density at radius 1 is 1.20 bits per heavy atom. The number of carbonyl (C=O) groups excluding carboxylic acids is 1. The van der Waals surface area contributed by atoms with Crippen molar-refractivity contribution in [2.45, 2.75) is 43.5 Å². The number of aromatic nitrogens is 7. The van der Waals surface area contributed by atoms with Crippen LogP contribution < -0.4 is 0 Å². The minimum atomic E-state index is -3.91. The third kappa shape index (κ3) is 6.83. The summed E-state index contributed by atoms with van der Waals surface area (Å²) in [5.74, 6) is -1.17. The number of carbonyl (C=O) groups is 1. The Morgan fingerprint density at radius 2 is 2.02 bits per heavy atom. The zero-order chi connectivity index (χ0) is 35.2. The molecule has 4 aromatic rings. The van der Waals surface area contributed by atoms with Gasteiger partial charge in [0.15, 0.2) is 23.2 Å². The van der Waals surface area contributed by atoms with Crippen molar-refractivity contribution in [2.24, 2.45) is 11.8 Å². The summed E-state index contributed by atoms with van der Waals surface area (Å²) in [5.41, 5.74) is 1.50. The summed E-state index contributed by atoms with van der Waals surface area (Å²) < 4.78 is 60.2. The highest BCUT2D eigenvalue weighted by molar-refractivity contribution is 8.07. The Kier molecular flexibility index (Phi) is 10.3. The molecule has 266 valence electrons. The van der Waals surface area contributed by atoms with E-state index >= 15 is 4.39 Å². The molecule has 7 rings (SSSR count). The van der Waals surface area contributed by atoms with Crippen LogP contribution >= 0.6 is 25.0 Å². The van der Waals surface area contributed by atoms with Crippen molar-refractivity contribution < 1.29 is 46.2 Å². The molecule has 1 saturated carbocycles. The van der Waals surface area contributed by atoms with Gasteiger partial charge in [-0.1, -0.05) is 22.9 Å². The van der Waals surface area contributed by atoms with Gasteiger partial charge in [-0.15, -0.1) is 5.10 Å². The predicted molar refractivity (Wildman–Crippen MR) is 178 cm³/mol. The maximum atomic E-state index is 16.6. The van der Waals surface area contributed by atoms with E-state index in [1.54, 1.807) is 18.5 Å². The molecule has 5 heterocycles. The van der Waals surface area contributed by atoms with Crippen LogP contribution in [0.25, 0.3) is 22.2 Å². The van der Waals surface area contributed by atoms with E-state index in [-0.39, 0.29) is 65.9 Å². The topological polar surface area (TPSA) is 200 Å². The number of esters is 1. The van der Waals surface area contributed by atoms with Gasteiger partial charge >= 0.3 is 19.4 Å². The molecule has 2 unspecified atom stereocenters. The van der Waals surface area contributed by atoms with E-state index in [0.29, 0.717) is 17.6 Å². The summed E-state index contributed by atoms with van der Waals surface area (Å²) in [7, 11) is 1.23. The average Bonchev–Trinajstić information content (AvgIpc) is 3.79. The highest BCUT2D eigenvalue weighted by atomic mass is 35.5. The van der Waals surface area contributed by atoms with Gasteiger partial charge in [0.25, 0.3) is 0 Å². The largest absolute Gasteiger partial charge is 0.465 e. The van der Waals surface area contributed by atoms with Crippen LogP contribution in [0.5, 0.6) is 0 Å². The molecule has 0 amide bonds. The summed E-state index contributed by atoms with van der Waals surface area (Å²) in [6.07, 6.45) is -2.66. The lowest BCUT2D eigenvalue weighted by Crippen LogP contribution is -2.43. The third-order valence-corrected chi connectivity index (χ3v) is 12.9. The number of halogens is 2. The monoisotopic (exact) mass is 788 g/mol. The molecule has 0 bridgehead atoms. The standard InChI is InChI=1S/C27H28ClFN8O9P2S2/c1-40-27(38)15-4-2-5-17-21(15)34-35-37(17)26-20(29)23-19(45-26)11-43-47(39,49)42-10-16-14(9-44-48(50,46-23)41-7-3-6-30)8-18(16)36-13-33-22-24(28)31-12-32-25(22)36/h2,4-5,12-14,16,18-20,23,26H,3,7-11H2,1H3,(H,39,49)/t14-,16-,18-,19-,20-,23-,26-,47?,48?/m1/s1. The van der Waals surface area contributed by atoms with Gasteiger partial charge in [0.05, 0.1) is 63.4 Å². The van der Waals surface area contributed by atoms with Crippen molar-refractivity contribution in [2.75, 3.05) is 33.5 Å². The number of hydrogen-bond donors (Lipinski definition) is 1. The fourth-order valence-corrected chi connectivity index (χ4v) is 9.65. The van der Waals surface area contributed by atoms with Gasteiger partial charge < -0.3 is 37.0 Å². The first-order valence-electron chi connectivity index (χ1n) is 15.1. The van der Waals surface area contributed by atoms with Crippen molar-refractivity contribution >= 4 is 76.8 Å². The van der Waals surface area contributed by atoms with Crippen molar-refractivity contribution in [1.82, 2.24) is 34.5 Å².